The van der Waals surface area contributed by atoms with E-state index in [0.717, 1.165) is 16.3 Å². The van der Waals surface area contributed by atoms with E-state index in [1.807, 2.05) is 42.5 Å². The van der Waals surface area contributed by atoms with Gasteiger partial charge in [0.2, 0.25) is 5.91 Å². The number of amides is 2. The molecule has 0 bridgehead atoms. The van der Waals surface area contributed by atoms with Gasteiger partial charge in [0.25, 0.3) is 5.91 Å². The van der Waals surface area contributed by atoms with Crippen molar-refractivity contribution in [3.8, 4) is 5.75 Å². The summed E-state index contributed by atoms with van der Waals surface area (Å²) in [6, 6.07) is 17.9. The molecule has 5 nitrogen and oxygen atoms in total. The molecular formula is C23H22Cl2N2O3. The van der Waals surface area contributed by atoms with Crippen LogP contribution < -0.4 is 10.1 Å². The van der Waals surface area contributed by atoms with Gasteiger partial charge in [-0.2, -0.15) is 0 Å². The van der Waals surface area contributed by atoms with Crippen LogP contribution in [-0.2, 0) is 16.1 Å². The molecule has 0 fully saturated rings. The number of likely N-dealkylation sites (N-methyl/N-ethyl adjacent to an activating group) is 1. The first kappa shape index (κ1) is 21.9. The average molecular weight is 445 g/mol. The van der Waals surface area contributed by atoms with Crippen LogP contribution in [0.15, 0.2) is 60.7 Å². The van der Waals surface area contributed by atoms with Crippen molar-refractivity contribution in [3.05, 3.63) is 76.3 Å². The normalized spacial score (nSPS) is 11.7. The first-order chi connectivity index (χ1) is 14.4. The molecule has 0 aromatic heterocycles. The summed E-state index contributed by atoms with van der Waals surface area (Å²) in [5.74, 6) is 0.0298. The molecule has 0 saturated carbocycles. The van der Waals surface area contributed by atoms with Crippen molar-refractivity contribution < 1.29 is 14.3 Å². The quantitative estimate of drug-likeness (QED) is 0.574. The van der Waals surface area contributed by atoms with E-state index in [2.05, 4.69) is 5.32 Å². The van der Waals surface area contributed by atoms with Crippen molar-refractivity contribution in [3.63, 3.8) is 0 Å². The number of benzene rings is 3. The van der Waals surface area contributed by atoms with Gasteiger partial charge >= 0.3 is 0 Å². The third kappa shape index (κ3) is 5.04. The molecule has 0 aliphatic rings. The second-order valence-corrected chi connectivity index (χ2v) is 7.64. The molecule has 1 N–H and O–H groups in total. The number of carbonyl (C=O) groups excluding carboxylic acids is 2. The SMILES string of the molecule is CNC(=O)[C@@H](C)N(Cc1ccc(Cl)c(Cl)c1)C(=O)COc1cccc2ccccc12. The number of halogens is 2. The Morgan fingerprint density at radius 3 is 2.50 bits per heavy atom. The lowest BCUT2D eigenvalue weighted by Gasteiger charge is -2.28. The highest BCUT2D eigenvalue weighted by atomic mass is 35.5. The van der Waals surface area contributed by atoms with E-state index < -0.39 is 6.04 Å². The van der Waals surface area contributed by atoms with Gasteiger partial charge in [0, 0.05) is 19.0 Å². The molecule has 0 spiro atoms. The standard InChI is InChI=1S/C23H22Cl2N2O3/c1-15(23(29)26-2)27(13-16-10-11-19(24)20(25)12-16)22(28)14-30-21-9-5-7-17-6-3-4-8-18(17)21/h3-12,15H,13-14H2,1-2H3,(H,26,29)/t15-/m1/s1. The molecule has 0 aliphatic carbocycles. The summed E-state index contributed by atoms with van der Waals surface area (Å²) in [7, 11) is 1.53. The second-order valence-electron chi connectivity index (χ2n) is 6.83. The molecule has 2 amide bonds. The molecule has 0 aliphatic heterocycles. The summed E-state index contributed by atoms with van der Waals surface area (Å²) in [5.41, 5.74) is 0.763. The molecule has 3 aromatic rings. The van der Waals surface area contributed by atoms with E-state index in [9.17, 15) is 9.59 Å². The average Bonchev–Trinajstić information content (AvgIpc) is 2.77. The highest BCUT2D eigenvalue weighted by Gasteiger charge is 2.26. The fourth-order valence-corrected chi connectivity index (χ4v) is 3.49. The lowest BCUT2D eigenvalue weighted by molar-refractivity contribution is -0.142. The largest absolute Gasteiger partial charge is 0.483 e. The Hall–Kier alpha value is -2.76. The molecule has 7 heteroatoms. The summed E-state index contributed by atoms with van der Waals surface area (Å²) in [4.78, 5) is 26.7. The molecule has 0 radical (unpaired) electrons. The van der Waals surface area contributed by atoms with Gasteiger partial charge < -0.3 is 15.0 Å². The Balaban J connectivity index is 1.80. The van der Waals surface area contributed by atoms with Crippen LogP contribution in [0.25, 0.3) is 10.8 Å². The minimum absolute atomic E-state index is 0.198. The van der Waals surface area contributed by atoms with Crippen LogP contribution >= 0.6 is 23.2 Å². The molecule has 30 heavy (non-hydrogen) atoms. The third-order valence-electron chi connectivity index (χ3n) is 4.85. The predicted molar refractivity (Wildman–Crippen MR) is 120 cm³/mol. The van der Waals surface area contributed by atoms with Crippen molar-refractivity contribution in [2.24, 2.45) is 0 Å². The van der Waals surface area contributed by atoms with Crippen LogP contribution in [0.3, 0.4) is 0 Å². The van der Waals surface area contributed by atoms with Gasteiger partial charge in [0.15, 0.2) is 6.61 Å². The molecule has 156 valence electrons. The highest BCUT2D eigenvalue weighted by molar-refractivity contribution is 6.42. The summed E-state index contributed by atoms with van der Waals surface area (Å²) >= 11 is 12.1. The molecule has 3 rings (SSSR count). The number of fused-ring (bicyclic) bond motifs is 1. The molecule has 0 saturated heterocycles. The molecule has 0 unspecified atom stereocenters. The van der Waals surface area contributed by atoms with E-state index in [1.165, 1.54) is 11.9 Å². The number of nitrogens with one attached hydrogen (secondary N) is 1. The van der Waals surface area contributed by atoms with Crippen molar-refractivity contribution in [2.75, 3.05) is 13.7 Å². The fraction of sp³-hybridized carbons (Fsp3) is 0.217. The van der Waals surface area contributed by atoms with Crippen molar-refractivity contribution in [1.82, 2.24) is 10.2 Å². The molecular weight excluding hydrogens is 423 g/mol. The Kier molecular flexibility index (Phi) is 7.19. The summed E-state index contributed by atoms with van der Waals surface area (Å²) in [6.45, 7) is 1.67. The van der Waals surface area contributed by atoms with E-state index in [0.29, 0.717) is 15.8 Å². The van der Waals surface area contributed by atoms with Crippen molar-refractivity contribution >= 4 is 45.8 Å². The number of hydrogen-bond acceptors (Lipinski definition) is 3. The van der Waals surface area contributed by atoms with Crippen molar-refractivity contribution in [1.29, 1.82) is 0 Å². The van der Waals surface area contributed by atoms with Crippen LogP contribution in [0.2, 0.25) is 10.0 Å². The number of hydrogen-bond donors (Lipinski definition) is 1. The van der Waals surface area contributed by atoms with E-state index in [4.69, 9.17) is 27.9 Å². The van der Waals surface area contributed by atoms with Crippen LogP contribution in [-0.4, -0.2) is 36.4 Å². The predicted octanol–water partition coefficient (Wildman–Crippen LogP) is 4.69. The lowest BCUT2D eigenvalue weighted by Crippen LogP contribution is -2.48. The van der Waals surface area contributed by atoms with Gasteiger partial charge in [0.1, 0.15) is 11.8 Å². The van der Waals surface area contributed by atoms with Crippen LogP contribution in [0.5, 0.6) is 5.75 Å². The zero-order valence-corrected chi connectivity index (χ0v) is 18.2. The van der Waals surface area contributed by atoms with Gasteiger partial charge in [-0.05, 0) is 36.1 Å². The summed E-state index contributed by atoms with van der Waals surface area (Å²) in [5, 5.41) is 5.34. The van der Waals surface area contributed by atoms with Gasteiger partial charge in [-0.15, -0.1) is 0 Å². The molecule has 1 atom stereocenters. The van der Waals surface area contributed by atoms with Crippen LogP contribution in [0.4, 0.5) is 0 Å². The van der Waals surface area contributed by atoms with E-state index in [1.54, 1.807) is 25.1 Å². The lowest BCUT2D eigenvalue weighted by atomic mass is 10.1. The molecule has 3 aromatic carbocycles. The first-order valence-electron chi connectivity index (χ1n) is 9.46. The second kappa shape index (κ2) is 9.83. The van der Waals surface area contributed by atoms with Crippen LogP contribution in [0, 0.1) is 0 Å². The smallest absolute Gasteiger partial charge is 0.261 e. The topological polar surface area (TPSA) is 58.6 Å². The number of nitrogens with zero attached hydrogens (tertiary/aromatic N) is 1. The van der Waals surface area contributed by atoms with Gasteiger partial charge in [-0.1, -0.05) is 65.7 Å². The van der Waals surface area contributed by atoms with E-state index >= 15 is 0 Å². The Morgan fingerprint density at radius 2 is 1.77 bits per heavy atom. The first-order valence-corrected chi connectivity index (χ1v) is 10.2. The Morgan fingerprint density at radius 1 is 1.03 bits per heavy atom. The highest BCUT2D eigenvalue weighted by Crippen LogP contribution is 2.26. The summed E-state index contributed by atoms with van der Waals surface area (Å²) < 4.78 is 5.84. The minimum atomic E-state index is -0.687. The maximum absolute atomic E-state index is 13.0. The Labute approximate surface area is 185 Å². The minimum Gasteiger partial charge on any atom is -0.483 e. The fourth-order valence-electron chi connectivity index (χ4n) is 3.17. The maximum atomic E-state index is 13.0. The van der Waals surface area contributed by atoms with Gasteiger partial charge in [0.05, 0.1) is 10.0 Å². The number of rotatable bonds is 7. The summed E-state index contributed by atoms with van der Waals surface area (Å²) in [6.07, 6.45) is 0. The van der Waals surface area contributed by atoms with E-state index in [-0.39, 0.29) is 25.0 Å². The maximum Gasteiger partial charge on any atom is 0.261 e. The van der Waals surface area contributed by atoms with Gasteiger partial charge in [-0.3, -0.25) is 9.59 Å². The van der Waals surface area contributed by atoms with Crippen molar-refractivity contribution in [2.45, 2.75) is 19.5 Å². The zero-order valence-electron chi connectivity index (χ0n) is 16.7. The zero-order chi connectivity index (χ0) is 21.7. The Bertz CT molecular complexity index is 1070. The van der Waals surface area contributed by atoms with Crippen LogP contribution in [0.1, 0.15) is 12.5 Å². The molecule has 0 heterocycles. The van der Waals surface area contributed by atoms with Gasteiger partial charge in [-0.25, -0.2) is 0 Å². The monoisotopic (exact) mass is 444 g/mol. The third-order valence-corrected chi connectivity index (χ3v) is 5.59. The number of carbonyl (C=O) groups is 2. The number of ether oxygens (including phenoxy) is 1.